The molecule has 0 saturated carbocycles. The highest BCUT2D eigenvalue weighted by Crippen LogP contribution is 2.63. The van der Waals surface area contributed by atoms with Crippen LogP contribution in [0.4, 0.5) is 0 Å². The lowest BCUT2D eigenvalue weighted by molar-refractivity contribution is 0.151. The molecule has 5 aromatic rings. The average Bonchev–Trinajstić information content (AvgIpc) is 3.56. The second-order valence-electron chi connectivity index (χ2n) is 12.3. The standard InChI is InChI=1S/C42H36O4/c1-27-9-8-16-40(46-24-22-44)41(27)29-18-20-34-32-12-3-6-14-36(32)42(38(34)26-29)35-13-5-2-11-31(35)33-19-17-28(25-37(33)42)30-10-4-7-15-39(30)45-23-21-43/h2-8,10-20,25-27,43-44H,9,21-24H2,1H3. The van der Waals surface area contributed by atoms with Crippen molar-refractivity contribution in [2.45, 2.75) is 18.8 Å². The molecule has 5 aromatic carbocycles. The van der Waals surface area contributed by atoms with E-state index < -0.39 is 5.41 Å². The highest BCUT2D eigenvalue weighted by molar-refractivity contribution is 5.96. The van der Waals surface area contributed by atoms with Crippen LogP contribution in [-0.2, 0) is 10.2 Å². The van der Waals surface area contributed by atoms with Gasteiger partial charge in [-0.2, -0.15) is 0 Å². The summed E-state index contributed by atoms with van der Waals surface area (Å²) in [5.74, 6) is 1.88. The molecule has 46 heavy (non-hydrogen) atoms. The van der Waals surface area contributed by atoms with Gasteiger partial charge in [0.25, 0.3) is 0 Å². The van der Waals surface area contributed by atoms with Crippen molar-refractivity contribution in [2.75, 3.05) is 26.4 Å². The van der Waals surface area contributed by atoms with Gasteiger partial charge in [-0.3, -0.25) is 0 Å². The SMILES string of the molecule is CC1CC=CC(OCCO)=C1c1ccc2c(c1)C1(c3ccccc3-2)c2ccccc2-c2ccc(-c3ccccc3OCCO)cc21. The average molecular weight is 605 g/mol. The second kappa shape index (κ2) is 11.5. The minimum absolute atomic E-state index is 0.0221. The summed E-state index contributed by atoms with van der Waals surface area (Å²) in [5, 5.41) is 19.0. The van der Waals surface area contributed by atoms with Gasteiger partial charge in [0.05, 0.1) is 18.6 Å². The Bertz CT molecular complexity index is 2020. The van der Waals surface area contributed by atoms with Crippen LogP contribution in [0.5, 0.6) is 5.75 Å². The topological polar surface area (TPSA) is 58.9 Å². The summed E-state index contributed by atoms with van der Waals surface area (Å²) >= 11 is 0. The second-order valence-corrected chi connectivity index (χ2v) is 12.3. The molecule has 2 N–H and O–H groups in total. The van der Waals surface area contributed by atoms with E-state index in [1.807, 2.05) is 18.2 Å². The zero-order valence-corrected chi connectivity index (χ0v) is 25.9. The first kappa shape index (κ1) is 28.6. The van der Waals surface area contributed by atoms with Crippen molar-refractivity contribution in [3.8, 4) is 39.1 Å². The first-order valence-electron chi connectivity index (χ1n) is 16.1. The summed E-state index contributed by atoms with van der Waals surface area (Å²) in [5.41, 5.74) is 14.0. The Morgan fingerprint density at radius 3 is 1.83 bits per heavy atom. The van der Waals surface area contributed by atoms with Gasteiger partial charge in [0.15, 0.2) is 0 Å². The Labute approximate surface area is 269 Å². The Hall–Kier alpha value is -4.90. The van der Waals surface area contributed by atoms with Crippen molar-refractivity contribution < 1.29 is 19.7 Å². The number of benzene rings is 5. The van der Waals surface area contributed by atoms with E-state index >= 15 is 0 Å². The van der Waals surface area contributed by atoms with Gasteiger partial charge in [-0.15, -0.1) is 0 Å². The summed E-state index contributed by atoms with van der Waals surface area (Å²) in [4.78, 5) is 0. The van der Waals surface area contributed by atoms with Crippen LogP contribution in [0.3, 0.4) is 0 Å². The number of allylic oxidation sites excluding steroid dienone is 3. The van der Waals surface area contributed by atoms with E-state index in [-0.39, 0.29) is 32.3 Å². The Morgan fingerprint density at radius 2 is 1.15 bits per heavy atom. The number of rotatable bonds is 8. The predicted octanol–water partition coefficient (Wildman–Crippen LogP) is 8.38. The fourth-order valence-electron chi connectivity index (χ4n) is 8.00. The van der Waals surface area contributed by atoms with Crippen LogP contribution in [0.25, 0.3) is 39.0 Å². The van der Waals surface area contributed by atoms with Crippen molar-refractivity contribution in [3.05, 3.63) is 155 Å². The molecule has 1 spiro atoms. The molecule has 0 radical (unpaired) electrons. The third-order valence-electron chi connectivity index (χ3n) is 9.81. The van der Waals surface area contributed by atoms with Gasteiger partial charge in [0.1, 0.15) is 24.7 Å². The van der Waals surface area contributed by atoms with Crippen LogP contribution in [0, 0.1) is 5.92 Å². The van der Waals surface area contributed by atoms with E-state index in [9.17, 15) is 10.2 Å². The van der Waals surface area contributed by atoms with E-state index in [1.54, 1.807) is 0 Å². The number of ether oxygens (including phenoxy) is 2. The largest absolute Gasteiger partial charge is 0.491 e. The fraction of sp³-hybridized carbons (Fsp3) is 0.190. The van der Waals surface area contributed by atoms with Crippen LogP contribution in [0.15, 0.2) is 127 Å². The first-order valence-corrected chi connectivity index (χ1v) is 16.1. The summed E-state index contributed by atoms with van der Waals surface area (Å²) in [6.07, 6.45) is 5.17. The van der Waals surface area contributed by atoms with Crippen LogP contribution in [-0.4, -0.2) is 36.6 Å². The van der Waals surface area contributed by atoms with Crippen LogP contribution >= 0.6 is 0 Å². The predicted molar refractivity (Wildman–Crippen MR) is 184 cm³/mol. The zero-order valence-electron chi connectivity index (χ0n) is 25.9. The molecule has 4 heteroatoms. The van der Waals surface area contributed by atoms with Crippen molar-refractivity contribution in [3.63, 3.8) is 0 Å². The normalized spacial score (nSPS) is 18.7. The number of aliphatic hydroxyl groups excluding tert-OH is 2. The summed E-state index contributed by atoms with van der Waals surface area (Å²) in [7, 11) is 0. The van der Waals surface area contributed by atoms with Crippen molar-refractivity contribution in [1.82, 2.24) is 0 Å². The van der Waals surface area contributed by atoms with E-state index in [4.69, 9.17) is 9.47 Å². The van der Waals surface area contributed by atoms with Crippen LogP contribution < -0.4 is 4.74 Å². The van der Waals surface area contributed by atoms with Crippen molar-refractivity contribution in [2.24, 2.45) is 5.92 Å². The van der Waals surface area contributed by atoms with E-state index in [0.29, 0.717) is 0 Å². The summed E-state index contributed by atoms with van der Waals surface area (Å²) < 4.78 is 12.1. The molecule has 4 nitrogen and oxygen atoms in total. The first-order chi connectivity index (χ1) is 22.7. The van der Waals surface area contributed by atoms with E-state index in [2.05, 4.69) is 110 Å². The van der Waals surface area contributed by atoms with Crippen LogP contribution in [0.2, 0.25) is 0 Å². The fourth-order valence-corrected chi connectivity index (χ4v) is 8.00. The lowest BCUT2D eigenvalue weighted by Gasteiger charge is -2.31. The molecule has 3 aliphatic carbocycles. The molecular formula is C42H36O4. The monoisotopic (exact) mass is 604 g/mol. The molecule has 228 valence electrons. The third-order valence-corrected chi connectivity index (χ3v) is 9.81. The zero-order chi connectivity index (χ0) is 31.3. The van der Waals surface area contributed by atoms with Gasteiger partial charge >= 0.3 is 0 Å². The Morgan fingerprint density at radius 1 is 0.609 bits per heavy atom. The number of hydrogen-bond acceptors (Lipinski definition) is 4. The molecule has 0 amide bonds. The number of fused-ring (bicyclic) bond motifs is 10. The van der Waals surface area contributed by atoms with Gasteiger partial charge in [0, 0.05) is 11.1 Å². The van der Waals surface area contributed by atoms with Crippen molar-refractivity contribution >= 4 is 5.57 Å². The molecule has 3 aliphatic rings. The number of para-hydroxylation sites is 1. The molecule has 0 fully saturated rings. The molecule has 2 unspecified atom stereocenters. The van der Waals surface area contributed by atoms with Crippen molar-refractivity contribution in [1.29, 1.82) is 0 Å². The highest BCUT2D eigenvalue weighted by Gasteiger charge is 2.51. The molecule has 0 aromatic heterocycles. The Balaban J connectivity index is 1.41. The van der Waals surface area contributed by atoms with Gasteiger partial charge in [-0.25, -0.2) is 0 Å². The van der Waals surface area contributed by atoms with E-state index in [1.165, 1.54) is 50.1 Å². The summed E-state index contributed by atoms with van der Waals surface area (Å²) in [6, 6.07) is 39.5. The number of hydrogen-bond donors (Lipinski definition) is 2. The minimum Gasteiger partial charge on any atom is -0.491 e. The number of aliphatic hydroxyl groups is 2. The van der Waals surface area contributed by atoms with Gasteiger partial charge in [-0.05, 0) is 92.2 Å². The quantitative estimate of drug-likeness (QED) is 0.183. The molecule has 8 rings (SSSR count). The van der Waals surface area contributed by atoms with E-state index in [0.717, 1.165) is 34.6 Å². The maximum atomic E-state index is 9.55. The Kier molecular flexibility index (Phi) is 7.12. The maximum Gasteiger partial charge on any atom is 0.127 e. The lowest BCUT2D eigenvalue weighted by atomic mass is 9.69. The van der Waals surface area contributed by atoms with Gasteiger partial charge in [-0.1, -0.05) is 104 Å². The maximum absolute atomic E-state index is 9.55. The molecule has 0 aliphatic heterocycles. The molecular weight excluding hydrogens is 568 g/mol. The van der Waals surface area contributed by atoms with Gasteiger partial charge in [0.2, 0.25) is 0 Å². The smallest absolute Gasteiger partial charge is 0.127 e. The van der Waals surface area contributed by atoms with Crippen LogP contribution in [0.1, 0.15) is 41.2 Å². The van der Waals surface area contributed by atoms with Gasteiger partial charge < -0.3 is 19.7 Å². The third kappa shape index (κ3) is 4.21. The summed E-state index contributed by atoms with van der Waals surface area (Å²) in [6.45, 7) is 2.70. The lowest BCUT2D eigenvalue weighted by Crippen LogP contribution is -2.26. The molecule has 0 saturated heterocycles. The molecule has 0 heterocycles. The molecule has 2 atom stereocenters. The minimum atomic E-state index is -0.509. The highest BCUT2D eigenvalue weighted by atomic mass is 16.5. The molecule has 0 bridgehead atoms.